The molecule has 0 aliphatic carbocycles. The zero-order valence-electron chi connectivity index (χ0n) is 16.3. The molecule has 0 unspecified atom stereocenters. The largest absolute Gasteiger partial charge is 0.460 e. The molecule has 0 aliphatic rings. The fourth-order valence-electron chi connectivity index (χ4n) is 1.79. The molecule has 0 saturated heterocycles. The summed E-state index contributed by atoms with van der Waals surface area (Å²) in [7, 11) is -3.38. The number of hydrogen-bond acceptors (Lipinski definition) is 1. The standard InChI is InChI=1S/C13H11F19OSi/c1-34(2,3)33-4-5(14,15)6(16,17)7(18,19)8(20,21)9(22,23)10(24,25)11(26,27)12(28,29)13(30,31)32/h4H2,1-3H3. The lowest BCUT2D eigenvalue weighted by molar-refractivity contribution is -0.469. The highest BCUT2D eigenvalue weighted by molar-refractivity contribution is 6.69. The molecule has 0 radical (unpaired) electrons. The normalized spacial score (nSPS) is 16.8. The predicted molar refractivity (Wildman–Crippen MR) is 74.9 cm³/mol. The van der Waals surface area contributed by atoms with Gasteiger partial charge in [0.15, 0.2) is 8.32 Å². The summed E-state index contributed by atoms with van der Waals surface area (Å²) in [5, 5.41) is 0. The molecule has 0 heterocycles. The molecule has 1 nitrogen and oxygen atoms in total. The van der Waals surface area contributed by atoms with Gasteiger partial charge >= 0.3 is 53.6 Å². The van der Waals surface area contributed by atoms with E-state index in [-0.39, 0.29) is 0 Å². The summed E-state index contributed by atoms with van der Waals surface area (Å²) >= 11 is 0. The highest BCUT2D eigenvalue weighted by Crippen LogP contribution is 2.65. The van der Waals surface area contributed by atoms with Crippen LogP contribution >= 0.6 is 0 Å². The van der Waals surface area contributed by atoms with Crippen molar-refractivity contribution in [2.45, 2.75) is 73.2 Å². The second-order valence-electron chi connectivity index (χ2n) is 7.62. The van der Waals surface area contributed by atoms with E-state index < -0.39 is 68.5 Å². The van der Waals surface area contributed by atoms with Gasteiger partial charge in [0.2, 0.25) is 0 Å². The highest BCUT2D eigenvalue weighted by Gasteiger charge is 2.96. The lowest BCUT2D eigenvalue weighted by Gasteiger charge is -2.43. The van der Waals surface area contributed by atoms with Crippen molar-refractivity contribution in [3.8, 4) is 0 Å². The molecular weight excluding hydrogens is 561 g/mol. The number of alkyl halides is 19. The van der Waals surface area contributed by atoms with Crippen molar-refractivity contribution in [3.05, 3.63) is 0 Å². The molecule has 0 aromatic carbocycles. The van der Waals surface area contributed by atoms with Gasteiger partial charge in [-0.15, -0.1) is 0 Å². The van der Waals surface area contributed by atoms with Gasteiger partial charge in [-0.2, -0.15) is 83.4 Å². The highest BCUT2D eigenvalue weighted by atomic mass is 28.4. The summed E-state index contributed by atoms with van der Waals surface area (Å²) in [5.74, 6) is -66.4. The Morgan fingerprint density at radius 2 is 0.647 bits per heavy atom. The second kappa shape index (κ2) is 8.18. The van der Waals surface area contributed by atoms with Gasteiger partial charge < -0.3 is 4.43 Å². The van der Waals surface area contributed by atoms with Crippen LogP contribution in [0, 0.1) is 0 Å². The summed E-state index contributed by atoms with van der Waals surface area (Å²) < 4.78 is 253. The third-order valence-corrected chi connectivity index (χ3v) is 4.88. The summed E-state index contributed by atoms with van der Waals surface area (Å²) in [5.41, 5.74) is 0. The molecule has 0 amide bonds. The molecule has 0 bridgehead atoms. The van der Waals surface area contributed by atoms with Gasteiger partial charge in [0.25, 0.3) is 0 Å². The molecule has 0 aromatic heterocycles. The van der Waals surface area contributed by atoms with Gasteiger partial charge in [-0.25, -0.2) is 0 Å². The lowest BCUT2D eigenvalue weighted by atomic mass is 9.87. The van der Waals surface area contributed by atoms with E-state index in [4.69, 9.17) is 0 Å². The predicted octanol–water partition coefficient (Wildman–Crippen LogP) is 7.48. The Bertz CT molecular complexity index is 731. The minimum absolute atomic E-state index is 0.922. The van der Waals surface area contributed by atoms with E-state index in [0.717, 1.165) is 19.6 Å². The first-order valence-electron chi connectivity index (χ1n) is 7.94. The minimum atomic E-state index is -8.90. The quantitative estimate of drug-likeness (QED) is 0.195. The molecule has 21 heteroatoms. The van der Waals surface area contributed by atoms with Crippen LogP contribution in [-0.2, 0) is 4.43 Å². The summed E-state index contributed by atoms with van der Waals surface area (Å²) in [4.78, 5) is 0. The average molecular weight is 572 g/mol. The molecule has 0 saturated carbocycles. The molecule has 0 N–H and O–H groups in total. The third kappa shape index (κ3) is 4.53. The van der Waals surface area contributed by atoms with Crippen molar-refractivity contribution in [1.29, 1.82) is 0 Å². The SMILES string of the molecule is C[Si](C)(C)OCC(F)(F)C(F)(F)C(F)(F)C(F)(F)C(F)(F)C(F)(F)C(F)(F)C(F)(F)C(F)(F)F. The number of hydrogen-bond donors (Lipinski definition) is 0. The van der Waals surface area contributed by atoms with E-state index in [0.29, 0.717) is 0 Å². The van der Waals surface area contributed by atoms with Crippen molar-refractivity contribution in [2.75, 3.05) is 6.61 Å². The van der Waals surface area contributed by atoms with Crippen LogP contribution in [0.5, 0.6) is 0 Å². The van der Waals surface area contributed by atoms with Gasteiger partial charge in [-0.1, -0.05) is 0 Å². The Labute approximate surface area is 177 Å². The Balaban J connectivity index is 6.77. The first-order valence-corrected chi connectivity index (χ1v) is 11.3. The molecule has 0 spiro atoms. The van der Waals surface area contributed by atoms with E-state index in [1.807, 2.05) is 0 Å². The topological polar surface area (TPSA) is 9.23 Å². The van der Waals surface area contributed by atoms with E-state index in [1.165, 1.54) is 0 Å². The summed E-state index contributed by atoms with van der Waals surface area (Å²) in [6.07, 6.45) is -7.89. The monoisotopic (exact) mass is 572 g/mol. The molecule has 34 heavy (non-hydrogen) atoms. The van der Waals surface area contributed by atoms with Crippen molar-refractivity contribution >= 4 is 8.32 Å². The van der Waals surface area contributed by atoms with E-state index in [1.54, 1.807) is 0 Å². The molecule has 0 rings (SSSR count). The van der Waals surface area contributed by atoms with Gasteiger partial charge in [0.1, 0.15) is 6.61 Å². The second-order valence-corrected chi connectivity index (χ2v) is 12.1. The molecule has 0 aliphatic heterocycles. The lowest BCUT2D eigenvalue weighted by Crippen LogP contribution is -2.76. The van der Waals surface area contributed by atoms with Gasteiger partial charge in [-0.05, 0) is 19.6 Å². The van der Waals surface area contributed by atoms with Crippen LogP contribution in [-0.4, -0.2) is 68.5 Å². The number of halogens is 19. The molecular formula is C13H11F19OSi. The van der Waals surface area contributed by atoms with Crippen LogP contribution < -0.4 is 0 Å². The maximum atomic E-state index is 13.5. The van der Waals surface area contributed by atoms with Crippen LogP contribution in [0.1, 0.15) is 0 Å². The van der Waals surface area contributed by atoms with Crippen LogP contribution in [0.3, 0.4) is 0 Å². The fraction of sp³-hybridized carbons (Fsp3) is 1.00. The zero-order valence-corrected chi connectivity index (χ0v) is 17.3. The minimum Gasteiger partial charge on any atom is -0.411 e. The van der Waals surface area contributed by atoms with Crippen LogP contribution in [0.25, 0.3) is 0 Å². The first-order chi connectivity index (χ1) is 14.2. The Morgan fingerprint density at radius 1 is 0.412 bits per heavy atom. The Morgan fingerprint density at radius 3 is 0.882 bits per heavy atom. The molecule has 0 atom stereocenters. The Kier molecular flexibility index (Phi) is 7.91. The summed E-state index contributed by atoms with van der Waals surface area (Å²) in [6, 6.07) is 0. The summed E-state index contributed by atoms with van der Waals surface area (Å²) in [6.45, 7) is -0.158. The zero-order chi connectivity index (χ0) is 28.4. The molecule has 206 valence electrons. The fourth-order valence-corrected chi connectivity index (χ4v) is 2.41. The van der Waals surface area contributed by atoms with Gasteiger partial charge in [-0.3, -0.25) is 0 Å². The maximum absolute atomic E-state index is 13.5. The Hall–Kier alpha value is -1.15. The molecule has 0 fully saturated rings. The first kappa shape index (κ1) is 32.8. The van der Waals surface area contributed by atoms with E-state index >= 15 is 0 Å². The third-order valence-electron chi connectivity index (χ3n) is 3.87. The molecule has 0 aromatic rings. The van der Waals surface area contributed by atoms with Crippen LogP contribution in [0.15, 0.2) is 0 Å². The van der Waals surface area contributed by atoms with Crippen molar-refractivity contribution in [2.24, 2.45) is 0 Å². The average Bonchev–Trinajstić information content (AvgIpc) is 2.57. The van der Waals surface area contributed by atoms with Gasteiger partial charge in [0.05, 0.1) is 0 Å². The smallest absolute Gasteiger partial charge is 0.411 e. The van der Waals surface area contributed by atoms with Crippen LogP contribution in [0.2, 0.25) is 19.6 Å². The maximum Gasteiger partial charge on any atom is 0.460 e. The van der Waals surface area contributed by atoms with E-state index in [2.05, 4.69) is 4.43 Å². The van der Waals surface area contributed by atoms with Crippen LogP contribution in [0.4, 0.5) is 83.4 Å². The van der Waals surface area contributed by atoms with Crippen molar-refractivity contribution < 1.29 is 87.8 Å². The number of rotatable bonds is 10. The van der Waals surface area contributed by atoms with Crippen molar-refractivity contribution in [1.82, 2.24) is 0 Å². The van der Waals surface area contributed by atoms with Crippen molar-refractivity contribution in [3.63, 3.8) is 0 Å². The van der Waals surface area contributed by atoms with Gasteiger partial charge in [0, 0.05) is 0 Å². The van der Waals surface area contributed by atoms with E-state index in [9.17, 15) is 83.4 Å².